The highest BCUT2D eigenvalue weighted by atomic mass is 35.5. The number of anilines is 1. The Morgan fingerprint density at radius 1 is 1.00 bits per heavy atom. The summed E-state index contributed by atoms with van der Waals surface area (Å²) in [6.45, 7) is 3.95. The second-order valence-electron chi connectivity index (χ2n) is 4.87. The standard InChI is InChI=1S/C16H14Cl2N2OS/c1-9-3-4-11(5-10(9)2)15(21)20-16(22)19-14-7-12(17)6-13(18)8-14/h3-8H,1-2H3,(H2,19,20,21,22). The van der Waals surface area contributed by atoms with Crippen LogP contribution in [0.3, 0.4) is 0 Å². The summed E-state index contributed by atoms with van der Waals surface area (Å²) < 4.78 is 0. The van der Waals surface area contributed by atoms with Gasteiger partial charge in [0, 0.05) is 21.3 Å². The van der Waals surface area contributed by atoms with Crippen molar-refractivity contribution < 1.29 is 4.79 Å². The molecule has 0 heterocycles. The lowest BCUT2D eigenvalue weighted by atomic mass is 10.1. The maximum absolute atomic E-state index is 12.2. The van der Waals surface area contributed by atoms with E-state index in [1.807, 2.05) is 26.0 Å². The molecule has 0 saturated carbocycles. The van der Waals surface area contributed by atoms with Crippen molar-refractivity contribution in [3.63, 3.8) is 0 Å². The van der Waals surface area contributed by atoms with Gasteiger partial charge in [-0.2, -0.15) is 0 Å². The van der Waals surface area contributed by atoms with Gasteiger partial charge in [0.15, 0.2) is 5.11 Å². The first-order chi connectivity index (χ1) is 10.3. The van der Waals surface area contributed by atoms with E-state index in [1.54, 1.807) is 24.3 Å². The van der Waals surface area contributed by atoms with Crippen molar-refractivity contribution in [2.24, 2.45) is 0 Å². The Kier molecular flexibility index (Phi) is 5.40. The molecule has 0 fully saturated rings. The number of halogens is 2. The van der Waals surface area contributed by atoms with E-state index in [1.165, 1.54) is 0 Å². The highest BCUT2D eigenvalue weighted by molar-refractivity contribution is 7.80. The minimum absolute atomic E-state index is 0.182. The predicted molar refractivity (Wildman–Crippen MR) is 96.1 cm³/mol. The molecule has 0 bridgehead atoms. The topological polar surface area (TPSA) is 41.1 Å². The first-order valence-electron chi connectivity index (χ1n) is 6.51. The largest absolute Gasteiger partial charge is 0.332 e. The molecule has 114 valence electrons. The first kappa shape index (κ1) is 16.7. The molecule has 3 nitrogen and oxygen atoms in total. The summed E-state index contributed by atoms with van der Waals surface area (Å²) in [5.74, 6) is -0.270. The Hall–Kier alpha value is -1.62. The minimum Gasteiger partial charge on any atom is -0.332 e. The molecule has 0 spiro atoms. The molecule has 2 aromatic carbocycles. The fraction of sp³-hybridized carbons (Fsp3) is 0.125. The number of aryl methyl sites for hydroxylation is 2. The number of carbonyl (C=O) groups excluding carboxylic acids is 1. The SMILES string of the molecule is Cc1ccc(C(=O)NC(=S)Nc2cc(Cl)cc(Cl)c2)cc1C. The fourth-order valence-electron chi connectivity index (χ4n) is 1.85. The van der Waals surface area contributed by atoms with Crippen LogP contribution in [0.4, 0.5) is 5.69 Å². The maximum atomic E-state index is 12.2. The normalized spacial score (nSPS) is 10.2. The minimum atomic E-state index is -0.270. The van der Waals surface area contributed by atoms with E-state index in [4.69, 9.17) is 35.4 Å². The van der Waals surface area contributed by atoms with E-state index >= 15 is 0 Å². The Morgan fingerprint density at radius 2 is 1.64 bits per heavy atom. The molecule has 2 aromatic rings. The van der Waals surface area contributed by atoms with Crippen LogP contribution in [0, 0.1) is 13.8 Å². The zero-order chi connectivity index (χ0) is 16.3. The molecule has 2 rings (SSSR count). The third kappa shape index (κ3) is 4.44. The van der Waals surface area contributed by atoms with Gasteiger partial charge in [-0.25, -0.2) is 0 Å². The van der Waals surface area contributed by atoms with Crippen molar-refractivity contribution >= 4 is 52.1 Å². The molecular formula is C16H14Cl2N2OS. The molecule has 0 aliphatic rings. The zero-order valence-electron chi connectivity index (χ0n) is 12.0. The predicted octanol–water partition coefficient (Wildman–Crippen LogP) is 4.74. The quantitative estimate of drug-likeness (QED) is 0.767. The van der Waals surface area contributed by atoms with Crippen LogP contribution < -0.4 is 10.6 Å². The van der Waals surface area contributed by atoms with Crippen LogP contribution in [0.2, 0.25) is 10.0 Å². The average Bonchev–Trinajstić information content (AvgIpc) is 2.40. The molecule has 0 radical (unpaired) electrons. The molecule has 0 aromatic heterocycles. The van der Waals surface area contributed by atoms with Gasteiger partial charge in [-0.05, 0) is 67.5 Å². The zero-order valence-corrected chi connectivity index (χ0v) is 14.4. The molecular weight excluding hydrogens is 339 g/mol. The lowest BCUT2D eigenvalue weighted by molar-refractivity contribution is 0.0977. The van der Waals surface area contributed by atoms with Gasteiger partial charge in [0.05, 0.1) is 0 Å². The van der Waals surface area contributed by atoms with Gasteiger partial charge >= 0.3 is 0 Å². The first-order valence-corrected chi connectivity index (χ1v) is 7.67. The monoisotopic (exact) mass is 352 g/mol. The molecule has 0 aliphatic heterocycles. The van der Waals surface area contributed by atoms with Crippen LogP contribution in [-0.4, -0.2) is 11.0 Å². The van der Waals surface area contributed by atoms with Crippen LogP contribution in [0.5, 0.6) is 0 Å². The fourth-order valence-corrected chi connectivity index (χ4v) is 2.58. The van der Waals surface area contributed by atoms with Gasteiger partial charge in [0.1, 0.15) is 0 Å². The van der Waals surface area contributed by atoms with Gasteiger partial charge in [0.2, 0.25) is 0 Å². The van der Waals surface area contributed by atoms with Crippen molar-refractivity contribution in [2.45, 2.75) is 13.8 Å². The third-order valence-corrected chi connectivity index (χ3v) is 3.76. The van der Waals surface area contributed by atoms with Crippen LogP contribution in [0.1, 0.15) is 21.5 Å². The van der Waals surface area contributed by atoms with Gasteiger partial charge in [0.25, 0.3) is 5.91 Å². The summed E-state index contributed by atoms with van der Waals surface area (Å²) in [5.41, 5.74) is 3.35. The van der Waals surface area contributed by atoms with E-state index in [2.05, 4.69) is 10.6 Å². The Morgan fingerprint density at radius 3 is 2.23 bits per heavy atom. The number of amides is 1. The third-order valence-electron chi connectivity index (χ3n) is 3.12. The van der Waals surface area contributed by atoms with E-state index in [9.17, 15) is 4.79 Å². The van der Waals surface area contributed by atoms with Crippen molar-refractivity contribution in [3.8, 4) is 0 Å². The van der Waals surface area contributed by atoms with E-state index < -0.39 is 0 Å². The number of benzene rings is 2. The highest BCUT2D eigenvalue weighted by Gasteiger charge is 2.09. The molecule has 0 aliphatic carbocycles. The average molecular weight is 353 g/mol. The molecule has 22 heavy (non-hydrogen) atoms. The molecule has 1 amide bonds. The molecule has 6 heteroatoms. The number of hydrogen-bond donors (Lipinski definition) is 2. The van der Waals surface area contributed by atoms with Gasteiger partial charge in [-0.15, -0.1) is 0 Å². The molecule has 0 atom stereocenters. The maximum Gasteiger partial charge on any atom is 0.257 e. The van der Waals surface area contributed by atoms with E-state index in [0.29, 0.717) is 21.3 Å². The number of carbonyl (C=O) groups is 1. The molecule has 2 N–H and O–H groups in total. The molecule has 0 unspecified atom stereocenters. The Labute approximate surface area is 144 Å². The van der Waals surface area contributed by atoms with Crippen molar-refractivity contribution in [1.82, 2.24) is 5.32 Å². The van der Waals surface area contributed by atoms with Gasteiger partial charge < -0.3 is 5.32 Å². The Bertz CT molecular complexity index is 727. The van der Waals surface area contributed by atoms with Crippen LogP contribution in [0.15, 0.2) is 36.4 Å². The van der Waals surface area contributed by atoms with Crippen molar-refractivity contribution in [1.29, 1.82) is 0 Å². The highest BCUT2D eigenvalue weighted by Crippen LogP contribution is 2.22. The van der Waals surface area contributed by atoms with E-state index in [0.717, 1.165) is 11.1 Å². The summed E-state index contributed by atoms with van der Waals surface area (Å²) in [4.78, 5) is 12.2. The van der Waals surface area contributed by atoms with Gasteiger partial charge in [-0.3, -0.25) is 10.1 Å². The lowest BCUT2D eigenvalue weighted by Gasteiger charge is -2.11. The van der Waals surface area contributed by atoms with Crippen LogP contribution in [0.25, 0.3) is 0 Å². The van der Waals surface area contributed by atoms with E-state index in [-0.39, 0.29) is 11.0 Å². The summed E-state index contributed by atoms with van der Waals surface area (Å²) in [6.07, 6.45) is 0. The summed E-state index contributed by atoms with van der Waals surface area (Å²) >= 11 is 17.0. The van der Waals surface area contributed by atoms with Crippen molar-refractivity contribution in [3.05, 3.63) is 63.1 Å². The number of nitrogens with one attached hydrogen (secondary N) is 2. The van der Waals surface area contributed by atoms with Gasteiger partial charge in [-0.1, -0.05) is 29.3 Å². The second-order valence-corrected chi connectivity index (χ2v) is 6.15. The number of rotatable bonds is 2. The summed E-state index contributed by atoms with van der Waals surface area (Å²) in [7, 11) is 0. The smallest absolute Gasteiger partial charge is 0.257 e. The lowest BCUT2D eigenvalue weighted by Crippen LogP contribution is -2.34. The van der Waals surface area contributed by atoms with Crippen LogP contribution in [-0.2, 0) is 0 Å². The van der Waals surface area contributed by atoms with Crippen LogP contribution >= 0.6 is 35.4 Å². The summed E-state index contributed by atoms with van der Waals surface area (Å²) in [6, 6.07) is 10.4. The van der Waals surface area contributed by atoms with Crippen molar-refractivity contribution in [2.75, 3.05) is 5.32 Å². The Balaban J connectivity index is 2.04. The molecule has 0 saturated heterocycles. The number of hydrogen-bond acceptors (Lipinski definition) is 2. The second kappa shape index (κ2) is 7.09. The number of thiocarbonyl (C=S) groups is 1. The summed E-state index contributed by atoms with van der Waals surface area (Å²) in [5, 5.41) is 6.66.